The van der Waals surface area contributed by atoms with Gasteiger partial charge < -0.3 is 10.1 Å². The Balaban J connectivity index is 2.33. The van der Waals surface area contributed by atoms with Gasteiger partial charge in [0.1, 0.15) is 11.6 Å². The molecule has 1 N–H and O–H groups in total. The molecule has 2 rings (SSSR count). The second-order valence-corrected chi connectivity index (χ2v) is 7.44. The smallest absolute Gasteiger partial charge is 0.143 e. The Kier molecular flexibility index (Phi) is 5.23. The molecule has 0 aliphatic carbocycles. The van der Waals surface area contributed by atoms with Crippen LogP contribution in [0.15, 0.2) is 0 Å². The number of hydrogen-bond donors (Lipinski definition) is 1. The highest BCUT2D eigenvalue weighted by Crippen LogP contribution is 2.30. The van der Waals surface area contributed by atoms with Gasteiger partial charge in [0.05, 0.1) is 9.26 Å². The fraction of sp³-hybridized carbons (Fsp3) is 0.733. The Bertz CT molecular complexity index is 465. The second-order valence-electron chi connectivity index (χ2n) is 6.37. The predicted molar refractivity (Wildman–Crippen MR) is 90.2 cm³/mol. The fourth-order valence-electron chi connectivity index (χ4n) is 2.37. The first-order chi connectivity index (χ1) is 9.41. The molecule has 0 aromatic carbocycles. The summed E-state index contributed by atoms with van der Waals surface area (Å²) in [5.41, 5.74) is 1.17. The van der Waals surface area contributed by atoms with Crippen LogP contribution < -0.4 is 5.32 Å². The first-order valence-electron chi connectivity index (χ1n) is 7.30. The molecule has 1 fully saturated rings. The van der Waals surface area contributed by atoms with Crippen LogP contribution in [0.1, 0.15) is 45.6 Å². The third kappa shape index (κ3) is 3.81. The van der Waals surface area contributed by atoms with Gasteiger partial charge in [-0.25, -0.2) is 9.97 Å². The van der Waals surface area contributed by atoms with Crippen LogP contribution in [0, 0.1) is 9.49 Å². The lowest BCUT2D eigenvalue weighted by atomic mass is 9.91. The average molecular weight is 389 g/mol. The van der Waals surface area contributed by atoms with Crippen molar-refractivity contribution in [2.45, 2.75) is 46.0 Å². The van der Waals surface area contributed by atoms with E-state index in [0.29, 0.717) is 5.92 Å². The molecular formula is C15H24IN3O. The molecule has 0 radical (unpaired) electrons. The van der Waals surface area contributed by atoms with Crippen LogP contribution in [-0.2, 0) is 16.6 Å². The van der Waals surface area contributed by atoms with Crippen LogP contribution in [0.3, 0.4) is 0 Å². The van der Waals surface area contributed by atoms with E-state index in [2.05, 4.69) is 55.6 Å². The number of ether oxygens (including phenoxy) is 1. The topological polar surface area (TPSA) is 47.0 Å². The largest absolute Gasteiger partial charge is 0.381 e. The highest BCUT2D eigenvalue weighted by molar-refractivity contribution is 14.1. The zero-order valence-electron chi connectivity index (χ0n) is 12.8. The van der Waals surface area contributed by atoms with E-state index in [1.165, 1.54) is 0 Å². The van der Waals surface area contributed by atoms with Crippen LogP contribution >= 0.6 is 22.6 Å². The Hall–Kier alpha value is -0.430. The van der Waals surface area contributed by atoms with E-state index in [1.807, 2.05) is 0 Å². The molecular weight excluding hydrogens is 365 g/mol. The summed E-state index contributed by atoms with van der Waals surface area (Å²) in [6, 6.07) is 0. The van der Waals surface area contributed by atoms with E-state index in [0.717, 1.165) is 53.5 Å². The quantitative estimate of drug-likeness (QED) is 0.803. The Morgan fingerprint density at radius 3 is 2.65 bits per heavy atom. The van der Waals surface area contributed by atoms with Crippen LogP contribution in [-0.4, -0.2) is 29.7 Å². The average Bonchev–Trinajstić information content (AvgIpc) is 2.84. The molecule has 2 heterocycles. The van der Waals surface area contributed by atoms with Gasteiger partial charge in [-0.2, -0.15) is 0 Å². The molecule has 1 aromatic heterocycles. The SMILES string of the molecule is CCNc1nc(CC2CCOC2)nc(C(C)(C)C)c1I. The van der Waals surface area contributed by atoms with E-state index >= 15 is 0 Å². The van der Waals surface area contributed by atoms with Gasteiger partial charge in [0, 0.05) is 31.6 Å². The van der Waals surface area contributed by atoms with Gasteiger partial charge in [-0.3, -0.25) is 0 Å². The molecule has 1 atom stereocenters. The lowest BCUT2D eigenvalue weighted by molar-refractivity contribution is 0.185. The van der Waals surface area contributed by atoms with Crippen molar-refractivity contribution in [3.05, 3.63) is 15.1 Å². The lowest BCUT2D eigenvalue weighted by Crippen LogP contribution is -2.21. The van der Waals surface area contributed by atoms with E-state index in [4.69, 9.17) is 14.7 Å². The standard InChI is InChI=1S/C15H24IN3O/c1-5-17-14-12(16)13(15(2,3)4)18-11(19-14)8-10-6-7-20-9-10/h10H,5-9H2,1-4H3,(H,17,18,19). The lowest BCUT2D eigenvalue weighted by Gasteiger charge is -2.22. The van der Waals surface area contributed by atoms with Gasteiger partial charge in [0.2, 0.25) is 0 Å². The maximum atomic E-state index is 5.46. The Morgan fingerprint density at radius 1 is 1.35 bits per heavy atom. The summed E-state index contributed by atoms with van der Waals surface area (Å²) >= 11 is 2.36. The number of nitrogens with one attached hydrogen (secondary N) is 1. The summed E-state index contributed by atoms with van der Waals surface area (Å²) in [5, 5.41) is 3.36. The molecule has 20 heavy (non-hydrogen) atoms. The fourth-order valence-corrected chi connectivity index (χ4v) is 3.61. The third-order valence-corrected chi connectivity index (χ3v) is 4.47. The van der Waals surface area contributed by atoms with Crippen molar-refractivity contribution in [1.29, 1.82) is 0 Å². The minimum absolute atomic E-state index is 0.0323. The molecule has 0 amide bonds. The second kappa shape index (κ2) is 6.56. The van der Waals surface area contributed by atoms with Crippen LogP contribution in [0.2, 0.25) is 0 Å². The molecule has 4 nitrogen and oxygen atoms in total. The van der Waals surface area contributed by atoms with E-state index in [1.54, 1.807) is 0 Å². The van der Waals surface area contributed by atoms with Crippen LogP contribution in [0.4, 0.5) is 5.82 Å². The van der Waals surface area contributed by atoms with Crippen molar-refractivity contribution >= 4 is 28.4 Å². The minimum atomic E-state index is 0.0323. The normalized spacial score (nSPS) is 19.4. The van der Waals surface area contributed by atoms with Crippen molar-refractivity contribution < 1.29 is 4.74 Å². The summed E-state index contributed by atoms with van der Waals surface area (Å²) < 4.78 is 6.60. The van der Waals surface area contributed by atoms with Crippen molar-refractivity contribution in [2.75, 3.05) is 25.1 Å². The van der Waals surface area contributed by atoms with Gasteiger partial charge in [-0.1, -0.05) is 20.8 Å². The highest BCUT2D eigenvalue weighted by atomic mass is 127. The molecule has 0 saturated carbocycles. The molecule has 1 aliphatic heterocycles. The number of anilines is 1. The molecule has 0 bridgehead atoms. The molecule has 1 saturated heterocycles. The number of nitrogens with zero attached hydrogens (tertiary/aromatic N) is 2. The summed E-state index contributed by atoms with van der Waals surface area (Å²) in [5.74, 6) is 2.49. The van der Waals surface area contributed by atoms with Gasteiger partial charge in [0.15, 0.2) is 0 Å². The van der Waals surface area contributed by atoms with Gasteiger partial charge in [-0.05, 0) is 41.9 Å². The molecule has 1 aromatic rings. The third-order valence-electron chi connectivity index (χ3n) is 3.45. The maximum Gasteiger partial charge on any atom is 0.143 e. The van der Waals surface area contributed by atoms with Crippen LogP contribution in [0.5, 0.6) is 0 Å². The number of hydrogen-bond acceptors (Lipinski definition) is 4. The zero-order chi connectivity index (χ0) is 14.8. The van der Waals surface area contributed by atoms with Crippen molar-refractivity contribution in [3.63, 3.8) is 0 Å². The minimum Gasteiger partial charge on any atom is -0.381 e. The van der Waals surface area contributed by atoms with Gasteiger partial charge in [-0.15, -0.1) is 0 Å². The Labute approximate surface area is 135 Å². The molecule has 0 spiro atoms. The summed E-state index contributed by atoms with van der Waals surface area (Å²) in [4.78, 5) is 9.55. The van der Waals surface area contributed by atoms with E-state index in [9.17, 15) is 0 Å². The number of aromatic nitrogens is 2. The summed E-state index contributed by atoms with van der Waals surface area (Å²) in [7, 11) is 0. The summed E-state index contributed by atoms with van der Waals surface area (Å²) in [6.07, 6.45) is 2.04. The Morgan fingerprint density at radius 2 is 2.10 bits per heavy atom. The molecule has 5 heteroatoms. The first-order valence-corrected chi connectivity index (χ1v) is 8.38. The van der Waals surface area contributed by atoms with Crippen molar-refractivity contribution in [2.24, 2.45) is 5.92 Å². The van der Waals surface area contributed by atoms with Crippen LogP contribution in [0.25, 0.3) is 0 Å². The van der Waals surface area contributed by atoms with Gasteiger partial charge >= 0.3 is 0 Å². The predicted octanol–water partition coefficient (Wildman–Crippen LogP) is 3.39. The first kappa shape index (κ1) is 15.9. The maximum absolute atomic E-state index is 5.46. The number of halogens is 1. The van der Waals surface area contributed by atoms with Gasteiger partial charge in [0.25, 0.3) is 0 Å². The van der Waals surface area contributed by atoms with E-state index in [-0.39, 0.29) is 5.41 Å². The molecule has 112 valence electrons. The number of rotatable bonds is 4. The van der Waals surface area contributed by atoms with Crippen molar-refractivity contribution in [3.8, 4) is 0 Å². The molecule has 1 aliphatic rings. The monoisotopic (exact) mass is 389 g/mol. The summed E-state index contributed by atoms with van der Waals surface area (Å²) in [6.45, 7) is 11.3. The zero-order valence-corrected chi connectivity index (χ0v) is 15.0. The highest BCUT2D eigenvalue weighted by Gasteiger charge is 2.24. The van der Waals surface area contributed by atoms with E-state index < -0.39 is 0 Å². The molecule has 1 unspecified atom stereocenters. The van der Waals surface area contributed by atoms with Crippen molar-refractivity contribution in [1.82, 2.24) is 9.97 Å².